The van der Waals surface area contributed by atoms with Gasteiger partial charge in [0.15, 0.2) is 0 Å². The Morgan fingerprint density at radius 3 is 2.59 bits per heavy atom. The molecule has 0 aromatic carbocycles. The number of piperidine rings is 1. The van der Waals surface area contributed by atoms with Crippen molar-refractivity contribution >= 4 is 11.8 Å². The first-order chi connectivity index (χ1) is 8.03. The topological polar surface area (TPSA) is 61.4 Å². The molecule has 2 N–H and O–H groups in total. The maximum absolute atomic E-state index is 12.4. The van der Waals surface area contributed by atoms with Crippen LogP contribution in [0, 0.1) is 5.92 Å². The molecule has 2 heterocycles. The molecule has 0 bridgehead atoms. The van der Waals surface area contributed by atoms with Gasteiger partial charge < -0.3 is 15.5 Å². The maximum atomic E-state index is 12.4. The van der Waals surface area contributed by atoms with Crippen LogP contribution < -0.4 is 10.6 Å². The lowest BCUT2D eigenvalue weighted by molar-refractivity contribution is -0.152. The molecule has 0 atom stereocenters. The highest BCUT2D eigenvalue weighted by Crippen LogP contribution is 2.23. The Balaban J connectivity index is 2.09. The van der Waals surface area contributed by atoms with Gasteiger partial charge >= 0.3 is 0 Å². The zero-order valence-corrected chi connectivity index (χ0v) is 10.6. The van der Waals surface area contributed by atoms with Crippen molar-refractivity contribution < 1.29 is 9.59 Å². The van der Waals surface area contributed by atoms with Gasteiger partial charge in [-0.2, -0.15) is 0 Å². The third-order valence-electron chi connectivity index (χ3n) is 3.81. The highest BCUT2D eigenvalue weighted by atomic mass is 16.2. The molecule has 2 saturated heterocycles. The summed E-state index contributed by atoms with van der Waals surface area (Å²) in [7, 11) is 0. The van der Waals surface area contributed by atoms with Gasteiger partial charge in [-0.05, 0) is 39.8 Å². The highest BCUT2D eigenvalue weighted by molar-refractivity contribution is 5.92. The molecule has 0 spiro atoms. The van der Waals surface area contributed by atoms with Crippen molar-refractivity contribution in [1.82, 2.24) is 15.5 Å². The largest absolute Gasteiger partial charge is 0.352 e. The van der Waals surface area contributed by atoms with E-state index in [0.717, 1.165) is 25.9 Å². The number of amides is 2. The Morgan fingerprint density at radius 2 is 1.94 bits per heavy atom. The van der Waals surface area contributed by atoms with Crippen molar-refractivity contribution in [2.24, 2.45) is 5.92 Å². The van der Waals surface area contributed by atoms with E-state index in [9.17, 15) is 9.59 Å². The average Bonchev–Trinajstić information content (AvgIpc) is 2.33. The normalized spacial score (nSPS) is 25.5. The number of nitrogens with one attached hydrogen (secondary N) is 2. The Hall–Kier alpha value is -1.10. The van der Waals surface area contributed by atoms with Gasteiger partial charge in [0.05, 0.1) is 0 Å². The van der Waals surface area contributed by atoms with E-state index < -0.39 is 5.54 Å². The van der Waals surface area contributed by atoms with Crippen LogP contribution >= 0.6 is 0 Å². The van der Waals surface area contributed by atoms with Gasteiger partial charge in [0.1, 0.15) is 5.54 Å². The zero-order chi connectivity index (χ0) is 12.5. The Bertz CT molecular complexity index is 322. The number of hydrogen-bond acceptors (Lipinski definition) is 3. The highest BCUT2D eigenvalue weighted by Gasteiger charge is 2.42. The molecule has 0 saturated carbocycles. The van der Waals surface area contributed by atoms with E-state index in [2.05, 4.69) is 10.6 Å². The monoisotopic (exact) mass is 239 g/mol. The van der Waals surface area contributed by atoms with E-state index >= 15 is 0 Å². The van der Waals surface area contributed by atoms with Gasteiger partial charge in [0.2, 0.25) is 11.8 Å². The molecule has 17 heavy (non-hydrogen) atoms. The van der Waals surface area contributed by atoms with Crippen molar-refractivity contribution in [3.8, 4) is 0 Å². The number of piperazine rings is 1. The van der Waals surface area contributed by atoms with Crippen LogP contribution in [0.3, 0.4) is 0 Å². The van der Waals surface area contributed by atoms with Gasteiger partial charge in [-0.3, -0.25) is 9.59 Å². The molecular formula is C12H21N3O2. The van der Waals surface area contributed by atoms with Gasteiger partial charge in [-0.15, -0.1) is 0 Å². The van der Waals surface area contributed by atoms with Crippen LogP contribution in [0.15, 0.2) is 0 Å². The van der Waals surface area contributed by atoms with Crippen molar-refractivity contribution in [1.29, 1.82) is 0 Å². The third-order valence-corrected chi connectivity index (χ3v) is 3.81. The summed E-state index contributed by atoms with van der Waals surface area (Å²) in [6.45, 7) is 6.63. The molecular weight excluding hydrogens is 218 g/mol. The molecule has 2 amide bonds. The van der Waals surface area contributed by atoms with Gasteiger partial charge in [0.25, 0.3) is 0 Å². The van der Waals surface area contributed by atoms with Crippen molar-refractivity contribution in [2.45, 2.75) is 32.2 Å². The number of hydrogen-bond donors (Lipinski definition) is 2. The van der Waals surface area contributed by atoms with Crippen LogP contribution in [0.25, 0.3) is 0 Å². The van der Waals surface area contributed by atoms with Crippen molar-refractivity contribution in [3.05, 3.63) is 0 Å². The van der Waals surface area contributed by atoms with Crippen LogP contribution in [0.2, 0.25) is 0 Å². The fraction of sp³-hybridized carbons (Fsp3) is 0.833. The quantitative estimate of drug-likeness (QED) is 0.662. The summed E-state index contributed by atoms with van der Waals surface area (Å²) in [5, 5.41) is 6.07. The summed E-state index contributed by atoms with van der Waals surface area (Å²) >= 11 is 0. The van der Waals surface area contributed by atoms with E-state index in [4.69, 9.17) is 0 Å². The molecule has 0 aromatic heterocycles. The van der Waals surface area contributed by atoms with Crippen molar-refractivity contribution in [2.75, 3.05) is 26.2 Å². The van der Waals surface area contributed by atoms with Crippen LogP contribution in [0.1, 0.15) is 26.7 Å². The molecule has 0 aromatic rings. The fourth-order valence-corrected chi connectivity index (χ4v) is 2.57. The van der Waals surface area contributed by atoms with Crippen LogP contribution in [0.4, 0.5) is 0 Å². The van der Waals surface area contributed by atoms with Crippen molar-refractivity contribution in [3.63, 3.8) is 0 Å². The number of nitrogens with zero attached hydrogens (tertiary/aromatic N) is 1. The molecule has 0 radical (unpaired) electrons. The van der Waals surface area contributed by atoms with E-state index in [-0.39, 0.29) is 17.7 Å². The predicted octanol–water partition coefficient (Wildman–Crippen LogP) is -0.277. The van der Waals surface area contributed by atoms with Crippen LogP contribution in [-0.4, -0.2) is 48.4 Å². The molecule has 2 aliphatic heterocycles. The lowest BCUT2D eigenvalue weighted by atomic mass is 9.91. The first-order valence-corrected chi connectivity index (χ1v) is 6.34. The molecule has 5 nitrogen and oxygen atoms in total. The summed E-state index contributed by atoms with van der Waals surface area (Å²) in [5.41, 5.74) is -0.708. The first-order valence-electron chi connectivity index (χ1n) is 6.34. The van der Waals surface area contributed by atoms with Gasteiger partial charge in [-0.25, -0.2) is 0 Å². The zero-order valence-electron chi connectivity index (χ0n) is 10.6. The van der Waals surface area contributed by atoms with Gasteiger partial charge in [-0.1, -0.05) is 0 Å². The number of carbonyl (C=O) groups is 2. The molecule has 0 unspecified atom stereocenters. The minimum Gasteiger partial charge on any atom is -0.352 e. The van der Waals surface area contributed by atoms with Crippen LogP contribution in [0.5, 0.6) is 0 Å². The molecule has 5 heteroatoms. The summed E-state index contributed by atoms with van der Waals surface area (Å²) < 4.78 is 0. The van der Waals surface area contributed by atoms with E-state index in [0.29, 0.717) is 13.1 Å². The average molecular weight is 239 g/mol. The summed E-state index contributed by atoms with van der Waals surface area (Å²) in [4.78, 5) is 26.0. The number of carbonyl (C=O) groups excluding carboxylic acids is 2. The smallest absolute Gasteiger partial charge is 0.245 e. The summed E-state index contributed by atoms with van der Waals surface area (Å²) in [6.07, 6.45) is 1.76. The SMILES string of the molecule is CC1(C)C(=O)NCCN1C(=O)C1CCNCC1. The third kappa shape index (κ3) is 2.29. The molecule has 0 aliphatic carbocycles. The van der Waals surface area contributed by atoms with Crippen LogP contribution in [-0.2, 0) is 9.59 Å². The summed E-state index contributed by atoms with van der Waals surface area (Å²) in [5.74, 6) is 0.179. The first kappa shape index (κ1) is 12.4. The minimum absolute atomic E-state index is 0.0500. The second-order valence-corrected chi connectivity index (χ2v) is 5.33. The van der Waals surface area contributed by atoms with E-state index in [1.165, 1.54) is 0 Å². The lowest BCUT2D eigenvalue weighted by Crippen LogP contribution is -2.64. The predicted molar refractivity (Wildman–Crippen MR) is 64.4 cm³/mol. The second-order valence-electron chi connectivity index (χ2n) is 5.33. The Morgan fingerprint density at radius 1 is 1.29 bits per heavy atom. The standard InChI is InChI=1S/C12H21N3O2/c1-12(2)11(17)14-7-8-15(12)10(16)9-3-5-13-6-4-9/h9,13H,3-8H2,1-2H3,(H,14,17). The lowest BCUT2D eigenvalue weighted by Gasteiger charge is -2.43. The Labute approximate surface area is 102 Å². The molecule has 96 valence electrons. The van der Waals surface area contributed by atoms with Gasteiger partial charge in [0, 0.05) is 19.0 Å². The molecule has 2 rings (SSSR count). The van der Waals surface area contributed by atoms with E-state index in [1.807, 2.05) is 13.8 Å². The summed E-state index contributed by atoms with van der Waals surface area (Å²) in [6, 6.07) is 0. The second kappa shape index (κ2) is 4.64. The number of rotatable bonds is 1. The fourth-order valence-electron chi connectivity index (χ4n) is 2.57. The minimum atomic E-state index is -0.708. The molecule has 2 fully saturated rings. The maximum Gasteiger partial charge on any atom is 0.245 e. The Kier molecular flexibility index (Phi) is 3.38. The molecule has 2 aliphatic rings. The van der Waals surface area contributed by atoms with E-state index in [1.54, 1.807) is 4.90 Å².